The molecule has 1 atom stereocenters. The van der Waals surface area contributed by atoms with Gasteiger partial charge in [-0.15, -0.1) is 0 Å². The maximum absolute atomic E-state index is 11.8. The van der Waals surface area contributed by atoms with Crippen LogP contribution >= 0.6 is 0 Å². The number of nitrogens with one attached hydrogen (secondary N) is 1. The largest absolute Gasteiger partial charge is 0.352 e. The maximum atomic E-state index is 11.8. The molecule has 4 heteroatoms. The Bertz CT molecular complexity index is 268. The average molecular weight is 239 g/mol. The van der Waals surface area contributed by atoms with Crippen LogP contribution in [-0.4, -0.2) is 42.0 Å². The topological polar surface area (TPSA) is 58.4 Å². The number of amides is 1. The summed E-state index contributed by atoms with van der Waals surface area (Å²) in [5.74, 6) is 0.228. The van der Waals surface area contributed by atoms with E-state index in [1.165, 1.54) is 12.8 Å². The van der Waals surface area contributed by atoms with Gasteiger partial charge in [-0.3, -0.25) is 4.79 Å². The van der Waals surface area contributed by atoms with Crippen LogP contribution in [-0.2, 0) is 4.79 Å². The van der Waals surface area contributed by atoms with E-state index in [-0.39, 0.29) is 17.9 Å². The number of carbonyl (C=O) groups excluding carboxylic acids is 1. The van der Waals surface area contributed by atoms with Crippen LogP contribution in [0.2, 0.25) is 0 Å². The molecule has 0 radical (unpaired) electrons. The zero-order valence-electron chi connectivity index (χ0n) is 11.0. The minimum atomic E-state index is -0.364. The van der Waals surface area contributed by atoms with Crippen LogP contribution in [0.4, 0.5) is 0 Å². The Kier molecular flexibility index (Phi) is 4.05. The van der Waals surface area contributed by atoms with E-state index in [2.05, 4.69) is 10.2 Å². The molecule has 4 nitrogen and oxygen atoms in total. The number of hydrogen-bond donors (Lipinski definition) is 2. The minimum Gasteiger partial charge on any atom is -0.352 e. The number of carbonyl (C=O) groups is 1. The van der Waals surface area contributed by atoms with E-state index < -0.39 is 0 Å². The van der Waals surface area contributed by atoms with Gasteiger partial charge in [0.15, 0.2) is 0 Å². The quantitative estimate of drug-likeness (QED) is 0.760. The summed E-state index contributed by atoms with van der Waals surface area (Å²) in [5.41, 5.74) is 5.84. The van der Waals surface area contributed by atoms with Crippen molar-refractivity contribution in [1.82, 2.24) is 10.2 Å². The van der Waals surface area contributed by atoms with E-state index in [1.54, 1.807) is 0 Å². The summed E-state index contributed by atoms with van der Waals surface area (Å²) in [6, 6.07) is 0.823. The molecule has 1 amide bonds. The first kappa shape index (κ1) is 12.8. The zero-order chi connectivity index (χ0) is 12.4. The number of rotatable bonds is 4. The Balaban J connectivity index is 1.71. The second-order valence-electron chi connectivity index (χ2n) is 5.82. The van der Waals surface area contributed by atoms with Gasteiger partial charge in [0.05, 0.1) is 6.04 Å². The van der Waals surface area contributed by atoms with Crippen LogP contribution in [0, 0.1) is 5.92 Å². The Morgan fingerprint density at radius 3 is 2.29 bits per heavy atom. The van der Waals surface area contributed by atoms with Crippen molar-refractivity contribution in [2.45, 2.75) is 57.7 Å². The third-order valence-electron chi connectivity index (χ3n) is 3.96. The predicted octanol–water partition coefficient (Wildman–Crippen LogP) is 0.713. The molecule has 2 rings (SSSR count). The van der Waals surface area contributed by atoms with Crippen molar-refractivity contribution in [1.29, 1.82) is 0 Å². The lowest BCUT2D eigenvalue weighted by molar-refractivity contribution is -0.124. The molecule has 0 aromatic heterocycles. The average Bonchev–Trinajstić information content (AvgIpc) is 3.12. The summed E-state index contributed by atoms with van der Waals surface area (Å²) in [4.78, 5) is 14.4. The second-order valence-corrected chi connectivity index (χ2v) is 5.82. The molecule has 0 spiro atoms. The van der Waals surface area contributed by atoms with E-state index in [4.69, 9.17) is 5.73 Å². The van der Waals surface area contributed by atoms with Crippen molar-refractivity contribution in [2.24, 2.45) is 11.7 Å². The summed E-state index contributed by atoms with van der Waals surface area (Å²) in [5, 5.41) is 3.09. The summed E-state index contributed by atoms with van der Waals surface area (Å²) in [6.07, 6.45) is 4.89. The number of hydrogen-bond acceptors (Lipinski definition) is 3. The molecule has 1 aliphatic heterocycles. The van der Waals surface area contributed by atoms with E-state index >= 15 is 0 Å². The third kappa shape index (κ3) is 3.42. The highest BCUT2D eigenvalue weighted by Crippen LogP contribution is 2.29. The van der Waals surface area contributed by atoms with Crippen LogP contribution < -0.4 is 11.1 Å². The fraction of sp³-hybridized carbons (Fsp3) is 0.923. The molecular weight excluding hydrogens is 214 g/mol. The molecule has 0 bridgehead atoms. The third-order valence-corrected chi connectivity index (χ3v) is 3.96. The van der Waals surface area contributed by atoms with Crippen molar-refractivity contribution in [3.63, 3.8) is 0 Å². The Morgan fingerprint density at radius 1 is 1.24 bits per heavy atom. The number of likely N-dealkylation sites (tertiary alicyclic amines) is 1. The van der Waals surface area contributed by atoms with Gasteiger partial charge in [-0.1, -0.05) is 13.8 Å². The Hall–Kier alpha value is -0.610. The number of piperidine rings is 1. The molecule has 17 heavy (non-hydrogen) atoms. The molecule has 1 saturated heterocycles. The lowest BCUT2D eigenvalue weighted by atomic mass is 10.0. The molecule has 1 saturated carbocycles. The Morgan fingerprint density at radius 2 is 1.82 bits per heavy atom. The molecule has 0 aromatic carbocycles. The van der Waals surface area contributed by atoms with E-state index in [9.17, 15) is 4.79 Å². The van der Waals surface area contributed by atoms with E-state index in [1.807, 2.05) is 13.8 Å². The first-order valence-electron chi connectivity index (χ1n) is 6.88. The molecule has 1 heterocycles. The van der Waals surface area contributed by atoms with Crippen LogP contribution in [0.3, 0.4) is 0 Å². The van der Waals surface area contributed by atoms with Crippen LogP contribution in [0.15, 0.2) is 0 Å². The molecule has 1 aliphatic carbocycles. The van der Waals surface area contributed by atoms with Crippen molar-refractivity contribution < 1.29 is 4.79 Å². The summed E-state index contributed by atoms with van der Waals surface area (Å²) in [7, 11) is 0. The highest BCUT2D eigenvalue weighted by Gasteiger charge is 2.32. The molecule has 98 valence electrons. The van der Waals surface area contributed by atoms with Gasteiger partial charge in [-0.2, -0.15) is 0 Å². The highest BCUT2D eigenvalue weighted by molar-refractivity contribution is 5.82. The first-order chi connectivity index (χ1) is 8.08. The van der Waals surface area contributed by atoms with Gasteiger partial charge in [0.2, 0.25) is 5.91 Å². The van der Waals surface area contributed by atoms with Crippen LogP contribution in [0.1, 0.15) is 39.5 Å². The van der Waals surface area contributed by atoms with Gasteiger partial charge in [-0.25, -0.2) is 0 Å². The maximum Gasteiger partial charge on any atom is 0.237 e. The first-order valence-corrected chi connectivity index (χ1v) is 6.88. The lowest BCUT2D eigenvalue weighted by Gasteiger charge is -2.33. The van der Waals surface area contributed by atoms with Gasteiger partial charge in [0.1, 0.15) is 0 Å². The van der Waals surface area contributed by atoms with E-state index in [0.717, 1.165) is 32.0 Å². The van der Waals surface area contributed by atoms with Gasteiger partial charge >= 0.3 is 0 Å². The normalized spacial score (nSPS) is 24.9. The molecule has 2 aliphatic rings. The fourth-order valence-corrected chi connectivity index (χ4v) is 2.45. The fourth-order valence-electron chi connectivity index (χ4n) is 2.45. The Labute approximate surface area is 104 Å². The van der Waals surface area contributed by atoms with Crippen molar-refractivity contribution in [3.05, 3.63) is 0 Å². The van der Waals surface area contributed by atoms with Gasteiger partial charge in [-0.05, 0) is 31.6 Å². The van der Waals surface area contributed by atoms with Crippen molar-refractivity contribution in [2.75, 3.05) is 13.1 Å². The van der Waals surface area contributed by atoms with Gasteiger partial charge in [0, 0.05) is 25.2 Å². The molecule has 3 N–H and O–H groups in total. The monoisotopic (exact) mass is 239 g/mol. The van der Waals surface area contributed by atoms with Crippen LogP contribution in [0.25, 0.3) is 0 Å². The zero-order valence-corrected chi connectivity index (χ0v) is 11.0. The number of nitrogens with zero attached hydrogens (tertiary/aromatic N) is 1. The molecule has 0 aromatic rings. The van der Waals surface area contributed by atoms with Crippen LogP contribution in [0.5, 0.6) is 0 Å². The smallest absolute Gasteiger partial charge is 0.237 e. The van der Waals surface area contributed by atoms with Crippen molar-refractivity contribution in [3.8, 4) is 0 Å². The summed E-state index contributed by atoms with van der Waals surface area (Å²) >= 11 is 0. The molecule has 2 fully saturated rings. The summed E-state index contributed by atoms with van der Waals surface area (Å²) < 4.78 is 0. The molecular formula is C13H25N3O. The van der Waals surface area contributed by atoms with Gasteiger partial charge in [0.25, 0.3) is 0 Å². The lowest BCUT2D eigenvalue weighted by Crippen LogP contribution is -2.51. The molecule has 0 unspecified atom stereocenters. The predicted molar refractivity (Wildman–Crippen MR) is 68.6 cm³/mol. The second kappa shape index (κ2) is 5.36. The summed E-state index contributed by atoms with van der Waals surface area (Å²) in [6.45, 7) is 6.24. The minimum absolute atomic E-state index is 0.0184. The van der Waals surface area contributed by atoms with Crippen molar-refractivity contribution >= 4 is 5.91 Å². The van der Waals surface area contributed by atoms with Gasteiger partial charge < -0.3 is 16.0 Å². The number of nitrogens with two attached hydrogens (primary N) is 1. The highest BCUT2D eigenvalue weighted by atomic mass is 16.2. The standard InChI is InChI=1S/C13H25N3O/c1-9(2)12(14)13(17)15-10-5-7-16(8-6-10)11-3-4-11/h9-12H,3-8,14H2,1-2H3,(H,15,17)/t12-/m0/s1. The van der Waals surface area contributed by atoms with E-state index in [0.29, 0.717) is 6.04 Å². The SMILES string of the molecule is CC(C)[C@H](N)C(=O)NC1CCN(C2CC2)CC1.